The second-order valence-electron chi connectivity index (χ2n) is 8.49. The van der Waals surface area contributed by atoms with Gasteiger partial charge in [-0.15, -0.1) is 0 Å². The number of hydrogen-bond donors (Lipinski definition) is 2. The Labute approximate surface area is 216 Å². The van der Waals surface area contributed by atoms with Crippen molar-refractivity contribution in [2.24, 2.45) is 0 Å². The van der Waals surface area contributed by atoms with Crippen LogP contribution >= 0.6 is 0 Å². The lowest BCUT2D eigenvalue weighted by Crippen LogP contribution is -2.22. The summed E-state index contributed by atoms with van der Waals surface area (Å²) in [4.78, 5) is 25.6. The number of anilines is 2. The normalized spacial score (nSPS) is 11.2. The highest BCUT2D eigenvalue weighted by Crippen LogP contribution is 2.24. The first-order chi connectivity index (χ1) is 17.6. The standard InChI is InChI=1S/C27H26N6O3S/c1-18-11-22(15-28-14-18)27(34)31-23-9-5-7-20(12-23)19(2)30-26-17-29-16-25(32-26)21-8-6-10-24(13-21)37(35,36)33(3)4/h5-17H,2H2,1,3-4H3,(H,30,32)(H,31,34). The average molecular weight is 515 g/mol. The molecule has 10 heteroatoms. The molecule has 0 saturated carbocycles. The number of sulfonamides is 1. The second kappa shape index (κ2) is 10.7. The monoisotopic (exact) mass is 514 g/mol. The maximum absolute atomic E-state index is 12.6. The van der Waals surface area contributed by atoms with Crippen LogP contribution in [0.1, 0.15) is 21.5 Å². The summed E-state index contributed by atoms with van der Waals surface area (Å²) in [7, 11) is -0.615. The highest BCUT2D eigenvalue weighted by Gasteiger charge is 2.18. The maximum atomic E-state index is 12.6. The number of nitrogens with zero attached hydrogens (tertiary/aromatic N) is 4. The molecule has 188 valence electrons. The summed E-state index contributed by atoms with van der Waals surface area (Å²) in [5.74, 6) is 0.174. The van der Waals surface area contributed by atoms with E-state index >= 15 is 0 Å². The van der Waals surface area contributed by atoms with Crippen LogP contribution < -0.4 is 10.6 Å². The van der Waals surface area contributed by atoms with Gasteiger partial charge in [-0.25, -0.2) is 17.7 Å². The van der Waals surface area contributed by atoms with Gasteiger partial charge in [0.05, 0.1) is 28.5 Å². The predicted octanol–water partition coefficient (Wildman–Crippen LogP) is 4.43. The number of pyridine rings is 1. The molecule has 2 aromatic heterocycles. The van der Waals surface area contributed by atoms with Gasteiger partial charge >= 0.3 is 0 Å². The molecule has 0 unspecified atom stereocenters. The van der Waals surface area contributed by atoms with Crippen LogP contribution in [0.4, 0.5) is 11.5 Å². The summed E-state index contributed by atoms with van der Waals surface area (Å²) < 4.78 is 26.2. The highest BCUT2D eigenvalue weighted by molar-refractivity contribution is 7.89. The van der Waals surface area contributed by atoms with Gasteiger partial charge < -0.3 is 10.6 Å². The zero-order valence-corrected chi connectivity index (χ0v) is 21.5. The Hall–Kier alpha value is -4.41. The molecule has 4 rings (SSSR count). The van der Waals surface area contributed by atoms with Gasteiger partial charge in [-0.1, -0.05) is 30.8 Å². The Morgan fingerprint density at radius 1 is 0.892 bits per heavy atom. The third-order valence-electron chi connectivity index (χ3n) is 5.43. The van der Waals surface area contributed by atoms with Crippen LogP contribution in [0.5, 0.6) is 0 Å². The molecule has 9 nitrogen and oxygen atoms in total. The van der Waals surface area contributed by atoms with Crippen LogP contribution in [0.3, 0.4) is 0 Å². The number of carbonyl (C=O) groups excluding carboxylic acids is 1. The van der Waals surface area contributed by atoms with Gasteiger partial charge in [0.2, 0.25) is 10.0 Å². The van der Waals surface area contributed by atoms with Crippen LogP contribution in [0.2, 0.25) is 0 Å². The summed E-state index contributed by atoms with van der Waals surface area (Å²) in [5, 5.41) is 6.01. The maximum Gasteiger partial charge on any atom is 0.257 e. The lowest BCUT2D eigenvalue weighted by atomic mass is 10.1. The van der Waals surface area contributed by atoms with E-state index < -0.39 is 10.0 Å². The van der Waals surface area contributed by atoms with Gasteiger partial charge in [0.15, 0.2) is 0 Å². The topological polar surface area (TPSA) is 117 Å². The van der Waals surface area contributed by atoms with E-state index in [1.807, 2.05) is 19.1 Å². The van der Waals surface area contributed by atoms with Crippen LogP contribution in [-0.4, -0.2) is 47.7 Å². The van der Waals surface area contributed by atoms with Crippen molar-refractivity contribution in [2.45, 2.75) is 11.8 Å². The minimum atomic E-state index is -3.58. The van der Waals surface area contributed by atoms with Gasteiger partial charge in [-0.3, -0.25) is 14.8 Å². The lowest BCUT2D eigenvalue weighted by Gasteiger charge is -2.13. The smallest absolute Gasteiger partial charge is 0.257 e. The van der Waals surface area contributed by atoms with Crippen LogP contribution in [-0.2, 0) is 10.0 Å². The lowest BCUT2D eigenvalue weighted by molar-refractivity contribution is 0.102. The summed E-state index contributed by atoms with van der Waals surface area (Å²) in [6.45, 7) is 5.97. The van der Waals surface area contributed by atoms with Crippen LogP contribution in [0.25, 0.3) is 17.0 Å². The Balaban J connectivity index is 1.51. The van der Waals surface area contributed by atoms with E-state index in [-0.39, 0.29) is 10.8 Å². The fourth-order valence-corrected chi connectivity index (χ4v) is 4.43. The fourth-order valence-electron chi connectivity index (χ4n) is 3.49. The van der Waals surface area contributed by atoms with Crippen molar-refractivity contribution in [3.63, 3.8) is 0 Å². The molecule has 0 radical (unpaired) electrons. The minimum Gasteiger partial charge on any atom is -0.339 e. The first-order valence-corrected chi connectivity index (χ1v) is 12.7. The van der Waals surface area contributed by atoms with Gasteiger partial charge in [-0.05, 0) is 48.4 Å². The summed E-state index contributed by atoms with van der Waals surface area (Å²) >= 11 is 0. The van der Waals surface area contributed by atoms with Crippen molar-refractivity contribution >= 4 is 33.1 Å². The Morgan fingerprint density at radius 3 is 2.41 bits per heavy atom. The third-order valence-corrected chi connectivity index (χ3v) is 7.24. The molecule has 0 fully saturated rings. The van der Waals surface area contributed by atoms with E-state index in [2.05, 4.69) is 32.2 Å². The number of rotatable bonds is 8. The Bertz CT molecular complexity index is 1580. The van der Waals surface area contributed by atoms with E-state index in [9.17, 15) is 13.2 Å². The predicted molar refractivity (Wildman–Crippen MR) is 144 cm³/mol. The van der Waals surface area contributed by atoms with Crippen LogP contribution in [0, 0.1) is 6.92 Å². The number of hydrogen-bond acceptors (Lipinski definition) is 7. The van der Waals surface area contributed by atoms with E-state index in [0.717, 1.165) is 15.4 Å². The molecule has 0 atom stereocenters. The molecule has 1 amide bonds. The van der Waals surface area contributed by atoms with Crippen molar-refractivity contribution in [3.8, 4) is 11.3 Å². The number of aryl methyl sites for hydroxylation is 1. The Kier molecular flexibility index (Phi) is 7.42. The average Bonchev–Trinajstić information content (AvgIpc) is 2.89. The van der Waals surface area contributed by atoms with Gasteiger partial charge in [-0.2, -0.15) is 0 Å². The van der Waals surface area contributed by atoms with Crippen molar-refractivity contribution in [1.29, 1.82) is 0 Å². The van der Waals surface area contributed by atoms with Gasteiger partial charge in [0.25, 0.3) is 5.91 Å². The molecule has 0 aliphatic heterocycles. The second-order valence-corrected chi connectivity index (χ2v) is 10.6. The molecule has 0 spiro atoms. The first kappa shape index (κ1) is 25.7. The SMILES string of the molecule is C=C(Nc1cncc(-c2cccc(S(=O)(=O)N(C)C)c2)n1)c1cccc(NC(=O)c2cncc(C)c2)c1. The largest absolute Gasteiger partial charge is 0.339 e. The van der Waals surface area contributed by atoms with Gasteiger partial charge in [0.1, 0.15) is 5.82 Å². The number of amides is 1. The number of benzene rings is 2. The quantitative estimate of drug-likeness (QED) is 0.357. The van der Waals surface area contributed by atoms with Crippen molar-refractivity contribution in [1.82, 2.24) is 19.3 Å². The molecule has 0 aliphatic rings. The van der Waals surface area contributed by atoms with E-state index in [4.69, 9.17) is 0 Å². The van der Waals surface area contributed by atoms with Crippen molar-refractivity contribution < 1.29 is 13.2 Å². The first-order valence-electron chi connectivity index (χ1n) is 11.3. The van der Waals surface area contributed by atoms with Crippen molar-refractivity contribution in [2.75, 3.05) is 24.7 Å². The molecule has 37 heavy (non-hydrogen) atoms. The molecule has 0 bridgehead atoms. The molecular weight excluding hydrogens is 488 g/mol. The summed E-state index contributed by atoms with van der Waals surface area (Å²) in [6, 6.07) is 15.6. The zero-order valence-electron chi connectivity index (χ0n) is 20.6. The van der Waals surface area contributed by atoms with Crippen LogP contribution in [0.15, 0.2) is 90.9 Å². The third kappa shape index (κ3) is 6.05. The van der Waals surface area contributed by atoms with E-state index in [0.29, 0.717) is 34.0 Å². The molecule has 4 aromatic rings. The number of nitrogens with one attached hydrogen (secondary N) is 2. The summed E-state index contributed by atoms with van der Waals surface area (Å²) in [5.41, 5.74) is 4.37. The van der Waals surface area contributed by atoms with Gasteiger partial charge in [0, 0.05) is 43.4 Å². The fraction of sp³-hybridized carbons (Fsp3) is 0.111. The molecule has 2 aromatic carbocycles. The van der Waals surface area contributed by atoms with Crippen molar-refractivity contribution in [3.05, 3.63) is 103 Å². The van der Waals surface area contributed by atoms with E-state index in [1.165, 1.54) is 26.4 Å². The summed E-state index contributed by atoms with van der Waals surface area (Å²) in [6.07, 6.45) is 6.31. The zero-order chi connectivity index (χ0) is 26.6. The minimum absolute atomic E-state index is 0.167. The number of carbonyl (C=O) groups is 1. The highest BCUT2D eigenvalue weighted by atomic mass is 32.2. The van der Waals surface area contributed by atoms with E-state index in [1.54, 1.807) is 55.0 Å². The number of aromatic nitrogens is 3. The molecular formula is C27H26N6O3S. The molecule has 0 aliphatic carbocycles. The molecule has 2 heterocycles. The molecule has 0 saturated heterocycles. The molecule has 2 N–H and O–H groups in total. The Morgan fingerprint density at radius 2 is 1.65 bits per heavy atom.